The van der Waals surface area contributed by atoms with Gasteiger partial charge in [0.2, 0.25) is 0 Å². The third kappa shape index (κ3) is 5.47. The summed E-state index contributed by atoms with van der Waals surface area (Å²) in [4.78, 5) is 29.2. The third-order valence-corrected chi connectivity index (χ3v) is 8.25. The van der Waals surface area contributed by atoms with Crippen LogP contribution in [0.2, 0.25) is 5.02 Å². The number of aromatic carboxylic acids is 2. The number of carboxylic acid groups (broad SMARTS) is 2. The van der Waals surface area contributed by atoms with E-state index in [-0.39, 0.29) is 30.3 Å². The number of nitrogens with one attached hydrogen (secondary N) is 2. The molecule has 0 bridgehead atoms. The molecule has 0 aliphatic heterocycles. The van der Waals surface area contributed by atoms with Crippen LogP contribution >= 0.6 is 27.5 Å². The van der Waals surface area contributed by atoms with E-state index in [1.165, 1.54) is 10.5 Å². The second-order valence-corrected chi connectivity index (χ2v) is 11.4. The zero-order valence-corrected chi connectivity index (χ0v) is 25.4. The smallest absolute Gasteiger partial charge is 0.355 e. The van der Waals surface area contributed by atoms with Gasteiger partial charge in [-0.15, -0.1) is 0 Å². The molecular weight excluding hydrogens is 653 g/mol. The van der Waals surface area contributed by atoms with E-state index in [0.717, 1.165) is 22.2 Å². The molecule has 4 N–H and O–H groups in total. The summed E-state index contributed by atoms with van der Waals surface area (Å²) >= 11 is 9.71. The standard InChI is InChI=1S/C32H24BrClFN5O4/c1-17-19(15-37-25-7-5-21-3-2-10-39(21)29(25)31(41)42)12-20(34)13-22(17)27-16-40-28(38-27)9-8-26(30(40)32(43)44)36-14-18-4-6-24(35)23(33)11-18/h2-13,16,36-37H,14-15H2,1H3,(H,41,42)(H,43,44). The van der Waals surface area contributed by atoms with Crippen molar-refractivity contribution in [1.82, 2.24) is 13.8 Å². The summed E-state index contributed by atoms with van der Waals surface area (Å²) in [5.74, 6) is -2.59. The Balaban J connectivity index is 1.32. The van der Waals surface area contributed by atoms with Crippen molar-refractivity contribution in [2.24, 2.45) is 0 Å². The van der Waals surface area contributed by atoms with Crippen LogP contribution in [0.4, 0.5) is 15.8 Å². The van der Waals surface area contributed by atoms with Crippen molar-refractivity contribution in [3.05, 3.63) is 123 Å². The molecule has 0 spiro atoms. The summed E-state index contributed by atoms with van der Waals surface area (Å²) in [6.45, 7) is 2.47. The molecule has 9 nitrogen and oxygen atoms in total. The highest BCUT2D eigenvalue weighted by Crippen LogP contribution is 2.32. The van der Waals surface area contributed by atoms with Crippen molar-refractivity contribution in [2.45, 2.75) is 20.0 Å². The van der Waals surface area contributed by atoms with E-state index < -0.39 is 11.9 Å². The van der Waals surface area contributed by atoms with Gasteiger partial charge in [-0.05, 0) is 100 Å². The van der Waals surface area contributed by atoms with E-state index >= 15 is 0 Å². The fraction of sp³-hybridized carbons (Fsp3) is 0.0938. The van der Waals surface area contributed by atoms with E-state index in [2.05, 4.69) is 26.6 Å². The predicted octanol–water partition coefficient (Wildman–Crippen LogP) is 7.74. The third-order valence-electron chi connectivity index (χ3n) is 7.42. The Bertz CT molecular complexity index is 2110. The lowest BCUT2D eigenvalue weighted by Gasteiger charge is -2.15. The summed E-state index contributed by atoms with van der Waals surface area (Å²) in [6, 6.07) is 18.7. The first kappa shape index (κ1) is 29.2. The lowest BCUT2D eigenvalue weighted by Crippen LogP contribution is -2.11. The molecule has 4 heterocycles. The maximum absolute atomic E-state index is 13.6. The van der Waals surface area contributed by atoms with E-state index in [4.69, 9.17) is 16.6 Å². The molecule has 222 valence electrons. The molecule has 0 unspecified atom stereocenters. The van der Waals surface area contributed by atoms with Gasteiger partial charge in [-0.3, -0.25) is 4.40 Å². The maximum Gasteiger partial charge on any atom is 0.355 e. The molecule has 12 heteroatoms. The van der Waals surface area contributed by atoms with Gasteiger partial charge in [0.15, 0.2) is 11.4 Å². The van der Waals surface area contributed by atoms with Crippen molar-refractivity contribution in [3.8, 4) is 11.3 Å². The predicted molar refractivity (Wildman–Crippen MR) is 170 cm³/mol. The Morgan fingerprint density at radius 3 is 2.36 bits per heavy atom. The van der Waals surface area contributed by atoms with Gasteiger partial charge in [0.25, 0.3) is 0 Å². The van der Waals surface area contributed by atoms with Gasteiger partial charge >= 0.3 is 11.9 Å². The molecule has 6 aromatic rings. The minimum absolute atomic E-state index is 0.00870. The first-order valence-corrected chi connectivity index (χ1v) is 14.6. The van der Waals surface area contributed by atoms with Gasteiger partial charge in [0.05, 0.1) is 21.5 Å². The van der Waals surface area contributed by atoms with Crippen LogP contribution < -0.4 is 10.6 Å². The molecule has 6 rings (SSSR count). The zero-order chi connectivity index (χ0) is 31.1. The Labute approximate surface area is 263 Å². The highest BCUT2D eigenvalue weighted by Gasteiger charge is 2.20. The molecular formula is C32H24BrClFN5O4. The van der Waals surface area contributed by atoms with Gasteiger partial charge in [-0.25, -0.2) is 19.0 Å². The number of pyridine rings is 2. The fourth-order valence-electron chi connectivity index (χ4n) is 5.24. The number of hydrogen-bond donors (Lipinski definition) is 4. The summed E-state index contributed by atoms with van der Waals surface area (Å²) in [7, 11) is 0. The number of halogens is 3. The number of nitrogens with zero attached hydrogens (tertiary/aromatic N) is 3. The number of imidazole rings is 1. The molecule has 0 fully saturated rings. The number of aromatic nitrogens is 3. The monoisotopic (exact) mass is 675 g/mol. The minimum atomic E-state index is -1.15. The lowest BCUT2D eigenvalue weighted by molar-refractivity contribution is 0.0679. The van der Waals surface area contributed by atoms with Crippen molar-refractivity contribution in [2.75, 3.05) is 10.6 Å². The molecule has 0 aliphatic carbocycles. The highest BCUT2D eigenvalue weighted by molar-refractivity contribution is 9.10. The molecule has 2 aromatic carbocycles. The number of carbonyl (C=O) groups is 2. The van der Waals surface area contributed by atoms with Crippen molar-refractivity contribution in [3.63, 3.8) is 0 Å². The molecule has 0 saturated heterocycles. The topological polar surface area (TPSA) is 120 Å². The molecule has 0 atom stereocenters. The number of carboxylic acids is 2. The number of benzene rings is 2. The lowest BCUT2D eigenvalue weighted by atomic mass is 10.00. The van der Waals surface area contributed by atoms with Crippen LogP contribution in [0.25, 0.3) is 22.4 Å². The highest BCUT2D eigenvalue weighted by atomic mass is 79.9. The first-order chi connectivity index (χ1) is 21.1. The minimum Gasteiger partial charge on any atom is -0.476 e. The summed E-state index contributed by atoms with van der Waals surface area (Å²) in [6.07, 6.45) is 3.35. The SMILES string of the molecule is Cc1c(CNc2ccc3cccn3c2C(=O)O)cc(Cl)cc1-c1cn2c(C(=O)O)c(NCc3ccc(F)c(Br)c3)ccc2n1. The number of hydrogen-bond acceptors (Lipinski definition) is 5. The van der Waals surface area contributed by atoms with Crippen LogP contribution in [0.5, 0.6) is 0 Å². The van der Waals surface area contributed by atoms with Gasteiger partial charge in [0, 0.05) is 41.6 Å². The van der Waals surface area contributed by atoms with Gasteiger partial charge in [-0.2, -0.15) is 0 Å². The maximum atomic E-state index is 13.6. The summed E-state index contributed by atoms with van der Waals surface area (Å²) < 4.78 is 17.1. The molecule has 4 aromatic heterocycles. The average molecular weight is 677 g/mol. The summed E-state index contributed by atoms with van der Waals surface area (Å²) in [5.41, 5.74) is 5.79. The van der Waals surface area contributed by atoms with Gasteiger partial charge in [-0.1, -0.05) is 17.7 Å². The Morgan fingerprint density at radius 2 is 1.64 bits per heavy atom. The number of anilines is 2. The van der Waals surface area contributed by atoms with E-state index in [1.54, 1.807) is 65.3 Å². The zero-order valence-electron chi connectivity index (χ0n) is 23.1. The largest absolute Gasteiger partial charge is 0.476 e. The fourth-order valence-corrected chi connectivity index (χ4v) is 5.91. The van der Waals surface area contributed by atoms with Crippen LogP contribution in [0.3, 0.4) is 0 Å². The normalized spacial score (nSPS) is 11.3. The van der Waals surface area contributed by atoms with Crippen molar-refractivity contribution >= 4 is 62.0 Å². The van der Waals surface area contributed by atoms with Crippen molar-refractivity contribution in [1.29, 1.82) is 0 Å². The number of fused-ring (bicyclic) bond motifs is 2. The van der Waals surface area contributed by atoms with E-state index in [9.17, 15) is 24.2 Å². The first-order valence-electron chi connectivity index (χ1n) is 13.4. The van der Waals surface area contributed by atoms with E-state index in [0.29, 0.717) is 37.8 Å². The average Bonchev–Trinajstić information content (AvgIpc) is 3.64. The van der Waals surface area contributed by atoms with Gasteiger partial charge in [0.1, 0.15) is 11.5 Å². The molecule has 44 heavy (non-hydrogen) atoms. The quantitative estimate of drug-likeness (QED) is 0.124. The van der Waals surface area contributed by atoms with Crippen LogP contribution in [0.15, 0.2) is 83.6 Å². The molecule has 0 saturated carbocycles. The summed E-state index contributed by atoms with van der Waals surface area (Å²) in [5, 5.41) is 26.8. The second-order valence-electron chi connectivity index (χ2n) is 10.2. The Morgan fingerprint density at radius 1 is 0.932 bits per heavy atom. The van der Waals surface area contributed by atoms with Crippen LogP contribution in [0, 0.1) is 12.7 Å². The molecule has 0 aliphatic rings. The Hall–Kier alpha value is -4.87. The van der Waals surface area contributed by atoms with E-state index in [1.807, 2.05) is 19.1 Å². The van der Waals surface area contributed by atoms with Crippen LogP contribution in [-0.2, 0) is 13.1 Å². The van der Waals surface area contributed by atoms with Crippen LogP contribution in [0.1, 0.15) is 37.7 Å². The van der Waals surface area contributed by atoms with Crippen LogP contribution in [-0.4, -0.2) is 35.9 Å². The molecule has 0 radical (unpaired) electrons. The van der Waals surface area contributed by atoms with Gasteiger partial charge < -0.3 is 25.2 Å². The number of rotatable bonds is 9. The molecule has 0 amide bonds. The van der Waals surface area contributed by atoms with Crippen molar-refractivity contribution < 1.29 is 24.2 Å². The second kappa shape index (κ2) is 11.7. The Kier molecular flexibility index (Phi) is 7.74.